The van der Waals surface area contributed by atoms with Crippen molar-refractivity contribution >= 4 is 34.3 Å². The molecule has 4 rings (SSSR count). The average Bonchev–Trinajstić information content (AvgIpc) is 3.41. The number of hydrogen-bond acceptors (Lipinski definition) is 6. The van der Waals surface area contributed by atoms with E-state index in [-0.39, 0.29) is 23.3 Å². The summed E-state index contributed by atoms with van der Waals surface area (Å²) in [5, 5.41) is 12.7. The number of nitrogens with one attached hydrogen (secondary N) is 1. The molecule has 1 atom stereocenters. The van der Waals surface area contributed by atoms with Gasteiger partial charge in [0, 0.05) is 19.7 Å². The zero-order valence-corrected chi connectivity index (χ0v) is 17.3. The minimum absolute atomic E-state index is 0.0557. The normalized spacial score (nSPS) is 16.7. The minimum atomic E-state index is -0.0640. The lowest BCUT2D eigenvalue weighted by molar-refractivity contribution is -0.119. The molecule has 0 spiro atoms. The first kappa shape index (κ1) is 19.9. The summed E-state index contributed by atoms with van der Waals surface area (Å²) in [4.78, 5) is 25.2. The molecule has 3 heterocycles. The van der Waals surface area contributed by atoms with Crippen LogP contribution in [0.4, 0.5) is 0 Å². The average molecular weight is 416 g/mol. The van der Waals surface area contributed by atoms with Crippen LogP contribution in [0.25, 0.3) is 16.7 Å². The fraction of sp³-hybridized carbons (Fsp3) is 0.500. The molecule has 0 unspecified atom stereocenters. The third-order valence-corrected chi connectivity index (χ3v) is 6.03. The predicted octanol–water partition coefficient (Wildman–Crippen LogP) is 2.23. The number of rotatable bonds is 8. The quantitative estimate of drug-likeness (QED) is 0.568. The maximum Gasteiger partial charge on any atom is 0.262 e. The lowest BCUT2D eigenvalue weighted by Gasteiger charge is -2.11. The molecule has 0 aliphatic carbocycles. The molecule has 2 aromatic heterocycles. The number of carbonyl (C=O) groups is 1. The summed E-state index contributed by atoms with van der Waals surface area (Å²) in [6, 6.07) is 7.46. The van der Waals surface area contributed by atoms with Crippen LogP contribution in [0.3, 0.4) is 0 Å². The first-order valence-electron chi connectivity index (χ1n) is 10.1. The van der Waals surface area contributed by atoms with Gasteiger partial charge in [-0.1, -0.05) is 37.2 Å². The molecule has 1 fully saturated rings. The number of carbonyl (C=O) groups excluding carboxylic acids is 1. The van der Waals surface area contributed by atoms with Gasteiger partial charge in [0.1, 0.15) is 0 Å². The zero-order chi connectivity index (χ0) is 20.2. The first-order valence-corrected chi connectivity index (χ1v) is 11.1. The smallest absolute Gasteiger partial charge is 0.262 e. The second-order valence-electron chi connectivity index (χ2n) is 7.17. The minimum Gasteiger partial charge on any atom is -0.376 e. The van der Waals surface area contributed by atoms with Crippen LogP contribution in [-0.4, -0.2) is 50.1 Å². The Balaban J connectivity index is 1.59. The Labute approximate surface area is 172 Å². The Bertz CT molecular complexity index is 1070. The van der Waals surface area contributed by atoms with Crippen LogP contribution in [0, 0.1) is 0 Å². The topological polar surface area (TPSA) is 90.5 Å². The number of aromatic nitrogens is 4. The Morgan fingerprint density at radius 3 is 3.00 bits per heavy atom. The van der Waals surface area contributed by atoms with Crippen LogP contribution in [0.1, 0.15) is 32.6 Å². The van der Waals surface area contributed by atoms with Crippen molar-refractivity contribution in [1.82, 2.24) is 24.5 Å². The van der Waals surface area contributed by atoms with E-state index in [4.69, 9.17) is 4.74 Å². The zero-order valence-electron chi connectivity index (χ0n) is 16.5. The van der Waals surface area contributed by atoms with Gasteiger partial charge in [-0.15, -0.1) is 10.2 Å². The number of thioether (sulfide) groups is 1. The van der Waals surface area contributed by atoms with E-state index in [0.29, 0.717) is 29.4 Å². The van der Waals surface area contributed by atoms with E-state index in [1.54, 1.807) is 4.57 Å². The van der Waals surface area contributed by atoms with Gasteiger partial charge in [0.05, 0.1) is 22.8 Å². The Morgan fingerprint density at radius 1 is 1.34 bits per heavy atom. The number of fused-ring (bicyclic) bond motifs is 3. The highest BCUT2D eigenvalue weighted by atomic mass is 32.2. The van der Waals surface area contributed by atoms with Gasteiger partial charge in [0.2, 0.25) is 11.7 Å². The van der Waals surface area contributed by atoms with E-state index in [1.807, 2.05) is 28.7 Å². The lowest BCUT2D eigenvalue weighted by atomic mass is 10.2. The molecular formula is C20H25N5O3S. The van der Waals surface area contributed by atoms with Gasteiger partial charge in [-0.05, 0) is 31.4 Å². The molecular weight excluding hydrogens is 390 g/mol. The SMILES string of the molecule is CCCCn1c(=O)c2ccccc2n2c(SCC(=O)NC[C@@H]3CCCO3)nnc12. The van der Waals surface area contributed by atoms with Gasteiger partial charge >= 0.3 is 0 Å². The number of aryl methyl sites for hydroxylation is 1. The Kier molecular flexibility index (Phi) is 6.15. The molecule has 8 nitrogen and oxygen atoms in total. The molecule has 1 saturated heterocycles. The van der Waals surface area contributed by atoms with E-state index >= 15 is 0 Å². The van der Waals surface area contributed by atoms with E-state index < -0.39 is 0 Å². The predicted molar refractivity (Wildman–Crippen MR) is 112 cm³/mol. The number of nitrogens with zero attached hydrogens (tertiary/aromatic N) is 4. The van der Waals surface area contributed by atoms with Crippen LogP contribution < -0.4 is 10.9 Å². The summed E-state index contributed by atoms with van der Waals surface area (Å²) in [5.74, 6) is 0.686. The van der Waals surface area contributed by atoms with Crippen molar-refractivity contribution in [3.63, 3.8) is 0 Å². The molecule has 1 amide bonds. The Hall–Kier alpha value is -2.39. The summed E-state index contributed by atoms with van der Waals surface area (Å²) >= 11 is 1.32. The number of para-hydroxylation sites is 1. The Morgan fingerprint density at radius 2 is 2.21 bits per heavy atom. The van der Waals surface area contributed by atoms with Crippen molar-refractivity contribution in [3.05, 3.63) is 34.6 Å². The fourth-order valence-corrected chi connectivity index (χ4v) is 4.33. The molecule has 3 aromatic rings. The van der Waals surface area contributed by atoms with E-state index in [9.17, 15) is 9.59 Å². The second kappa shape index (κ2) is 8.96. The largest absolute Gasteiger partial charge is 0.376 e. The third kappa shape index (κ3) is 4.16. The molecule has 0 radical (unpaired) electrons. The number of benzene rings is 1. The van der Waals surface area contributed by atoms with Crippen LogP contribution in [0.2, 0.25) is 0 Å². The molecule has 1 aliphatic heterocycles. The number of amides is 1. The summed E-state index contributed by atoms with van der Waals surface area (Å²) in [7, 11) is 0. The van der Waals surface area contributed by atoms with Crippen LogP contribution >= 0.6 is 11.8 Å². The van der Waals surface area contributed by atoms with Crippen LogP contribution in [0.5, 0.6) is 0 Å². The number of ether oxygens (including phenoxy) is 1. The highest BCUT2D eigenvalue weighted by Crippen LogP contribution is 2.21. The molecule has 0 saturated carbocycles. The van der Waals surface area contributed by atoms with Gasteiger partial charge in [-0.2, -0.15) is 0 Å². The summed E-state index contributed by atoms with van der Waals surface area (Å²) in [6.07, 6.45) is 4.02. The first-order chi connectivity index (χ1) is 14.2. The molecule has 9 heteroatoms. The van der Waals surface area contributed by atoms with Gasteiger partial charge in [0.15, 0.2) is 5.16 Å². The third-order valence-electron chi connectivity index (χ3n) is 5.10. The number of unbranched alkanes of at least 4 members (excludes halogenated alkanes) is 1. The second-order valence-corrected chi connectivity index (χ2v) is 8.12. The fourth-order valence-electron chi connectivity index (χ4n) is 3.56. The summed E-state index contributed by atoms with van der Waals surface area (Å²) in [6.45, 7) is 3.99. The highest BCUT2D eigenvalue weighted by molar-refractivity contribution is 7.99. The van der Waals surface area contributed by atoms with E-state index in [2.05, 4.69) is 22.4 Å². The molecule has 1 aliphatic rings. The standard InChI is InChI=1S/C20H25N5O3S/c1-2-3-10-24-18(27)15-8-4-5-9-16(15)25-19(24)22-23-20(25)29-13-17(26)21-12-14-7-6-11-28-14/h4-5,8-9,14H,2-3,6-7,10-13H2,1H3,(H,21,26)/t14-/m0/s1. The van der Waals surface area contributed by atoms with Gasteiger partial charge in [-0.3, -0.25) is 18.6 Å². The van der Waals surface area contributed by atoms with Crippen molar-refractivity contribution in [2.24, 2.45) is 0 Å². The number of hydrogen-bond donors (Lipinski definition) is 1. The van der Waals surface area contributed by atoms with Crippen molar-refractivity contribution in [2.75, 3.05) is 18.9 Å². The summed E-state index contributed by atoms with van der Waals surface area (Å²) in [5.41, 5.74) is 0.701. The van der Waals surface area contributed by atoms with Crippen molar-refractivity contribution in [1.29, 1.82) is 0 Å². The van der Waals surface area contributed by atoms with Crippen molar-refractivity contribution in [2.45, 2.75) is 50.4 Å². The highest BCUT2D eigenvalue weighted by Gasteiger charge is 2.19. The van der Waals surface area contributed by atoms with Gasteiger partial charge < -0.3 is 10.1 Å². The lowest BCUT2D eigenvalue weighted by Crippen LogP contribution is -2.32. The monoisotopic (exact) mass is 415 g/mol. The summed E-state index contributed by atoms with van der Waals surface area (Å²) < 4.78 is 9.10. The van der Waals surface area contributed by atoms with E-state index in [0.717, 1.165) is 37.8 Å². The molecule has 1 N–H and O–H groups in total. The maximum absolute atomic E-state index is 12.9. The van der Waals surface area contributed by atoms with Crippen molar-refractivity contribution in [3.8, 4) is 0 Å². The van der Waals surface area contributed by atoms with Gasteiger partial charge in [-0.25, -0.2) is 0 Å². The molecule has 154 valence electrons. The maximum atomic E-state index is 12.9. The van der Waals surface area contributed by atoms with Crippen LogP contribution in [0.15, 0.2) is 34.2 Å². The van der Waals surface area contributed by atoms with Crippen molar-refractivity contribution < 1.29 is 9.53 Å². The van der Waals surface area contributed by atoms with Crippen LogP contribution in [-0.2, 0) is 16.1 Å². The van der Waals surface area contributed by atoms with Gasteiger partial charge in [0.25, 0.3) is 5.56 Å². The molecule has 29 heavy (non-hydrogen) atoms. The molecule has 1 aromatic carbocycles. The molecule has 0 bridgehead atoms. The van der Waals surface area contributed by atoms with E-state index in [1.165, 1.54) is 11.8 Å².